The van der Waals surface area contributed by atoms with E-state index in [4.69, 9.17) is 4.74 Å². The third-order valence-corrected chi connectivity index (χ3v) is 4.56. The lowest BCUT2D eigenvalue weighted by molar-refractivity contribution is -0.384. The van der Waals surface area contributed by atoms with Crippen molar-refractivity contribution >= 4 is 28.9 Å². The van der Waals surface area contributed by atoms with E-state index in [1.165, 1.54) is 36.2 Å². The molecule has 9 heteroatoms. The van der Waals surface area contributed by atoms with E-state index < -0.39 is 10.8 Å². The number of nitrogens with zero attached hydrogens (tertiary/aromatic N) is 3. The van der Waals surface area contributed by atoms with E-state index in [0.717, 1.165) is 18.8 Å². The van der Waals surface area contributed by atoms with Crippen molar-refractivity contribution in [1.29, 1.82) is 0 Å². The fourth-order valence-electron chi connectivity index (χ4n) is 3.04. The number of hydrogen-bond acceptors (Lipinski definition) is 6. The van der Waals surface area contributed by atoms with Gasteiger partial charge in [-0.3, -0.25) is 19.7 Å². The Morgan fingerprint density at radius 2 is 1.86 bits per heavy atom. The molecule has 9 nitrogen and oxygen atoms in total. The topological polar surface area (TPSA) is 105 Å². The third kappa shape index (κ3) is 5.29. The first-order valence-electron chi connectivity index (χ1n) is 9.16. The van der Waals surface area contributed by atoms with Crippen LogP contribution in [0.25, 0.3) is 0 Å². The number of nitro benzene ring substituents is 1. The lowest BCUT2D eigenvalue weighted by Crippen LogP contribution is -2.36. The highest BCUT2D eigenvalue weighted by molar-refractivity contribution is 5.99. The van der Waals surface area contributed by atoms with Gasteiger partial charge in [0.05, 0.1) is 24.7 Å². The van der Waals surface area contributed by atoms with Crippen LogP contribution in [0, 0.1) is 10.1 Å². The number of hydrogen-bond donors (Lipinski definition) is 1. The molecule has 1 aliphatic heterocycles. The van der Waals surface area contributed by atoms with E-state index in [1.54, 1.807) is 0 Å². The fraction of sp³-hybridized carbons (Fsp3) is 0.300. The highest BCUT2D eigenvalue weighted by Crippen LogP contribution is 2.19. The minimum absolute atomic E-state index is 0.157. The van der Waals surface area contributed by atoms with E-state index in [1.807, 2.05) is 24.3 Å². The molecule has 1 saturated heterocycles. The summed E-state index contributed by atoms with van der Waals surface area (Å²) in [6.45, 7) is 2.88. The molecule has 2 aromatic carbocycles. The molecule has 0 atom stereocenters. The molecule has 0 aromatic heterocycles. The number of anilines is 2. The second-order valence-electron chi connectivity index (χ2n) is 6.66. The van der Waals surface area contributed by atoms with Gasteiger partial charge in [0.1, 0.15) is 0 Å². The molecular weight excluding hydrogens is 376 g/mol. The van der Waals surface area contributed by atoms with E-state index in [9.17, 15) is 19.7 Å². The number of likely N-dealkylation sites (N-methyl/N-ethyl adjacent to an activating group) is 1. The number of carbonyl (C=O) groups excluding carboxylic acids is 2. The maximum Gasteiger partial charge on any atom is 0.270 e. The lowest BCUT2D eigenvalue weighted by atomic mass is 10.2. The van der Waals surface area contributed by atoms with Crippen molar-refractivity contribution in [3.05, 3.63) is 64.2 Å². The van der Waals surface area contributed by atoms with Gasteiger partial charge in [-0.1, -0.05) is 6.07 Å². The predicted octanol–water partition coefficient (Wildman–Crippen LogP) is 2.14. The Balaban J connectivity index is 1.56. The number of nitro groups is 1. The number of benzene rings is 2. The van der Waals surface area contributed by atoms with E-state index in [0.29, 0.717) is 18.9 Å². The number of morpholine rings is 1. The number of non-ortho nitro benzene ring substituents is 1. The second-order valence-corrected chi connectivity index (χ2v) is 6.66. The zero-order valence-electron chi connectivity index (χ0n) is 16.0. The van der Waals surface area contributed by atoms with Gasteiger partial charge in [0.15, 0.2) is 0 Å². The Labute approximate surface area is 168 Å². The predicted molar refractivity (Wildman–Crippen MR) is 108 cm³/mol. The first-order valence-corrected chi connectivity index (χ1v) is 9.16. The Morgan fingerprint density at radius 3 is 2.52 bits per heavy atom. The van der Waals surface area contributed by atoms with Crippen LogP contribution in [0.2, 0.25) is 0 Å². The summed E-state index contributed by atoms with van der Waals surface area (Å²) < 4.78 is 5.34. The Kier molecular flexibility index (Phi) is 6.40. The minimum Gasteiger partial charge on any atom is -0.378 e. The minimum atomic E-state index is -0.565. The highest BCUT2D eigenvalue weighted by Gasteiger charge is 2.18. The van der Waals surface area contributed by atoms with Crippen molar-refractivity contribution in [2.75, 3.05) is 50.1 Å². The first kappa shape index (κ1) is 20.3. The van der Waals surface area contributed by atoms with Gasteiger partial charge in [-0.25, -0.2) is 0 Å². The summed E-state index contributed by atoms with van der Waals surface area (Å²) in [6.07, 6.45) is 0. The zero-order valence-corrected chi connectivity index (χ0v) is 16.0. The maximum absolute atomic E-state index is 12.4. The van der Waals surface area contributed by atoms with Gasteiger partial charge in [-0.05, 0) is 30.3 Å². The molecule has 0 saturated carbocycles. The summed E-state index contributed by atoms with van der Waals surface area (Å²) >= 11 is 0. The van der Waals surface area contributed by atoms with Crippen LogP contribution in [0.4, 0.5) is 17.1 Å². The average Bonchev–Trinajstić information content (AvgIpc) is 2.74. The number of rotatable bonds is 6. The average molecular weight is 398 g/mol. The maximum atomic E-state index is 12.4. The van der Waals surface area contributed by atoms with Crippen molar-refractivity contribution in [2.24, 2.45) is 0 Å². The molecule has 0 bridgehead atoms. The zero-order chi connectivity index (χ0) is 20.8. The van der Waals surface area contributed by atoms with Gasteiger partial charge in [0.25, 0.3) is 11.6 Å². The molecule has 1 heterocycles. The number of nitrogens with one attached hydrogen (secondary N) is 1. The first-order chi connectivity index (χ1) is 13.9. The van der Waals surface area contributed by atoms with E-state index in [2.05, 4.69) is 10.2 Å². The normalized spacial score (nSPS) is 13.6. The SMILES string of the molecule is CN(CC(=O)Nc1ccc(N2CCOCC2)cc1)C(=O)c1cccc([N+](=O)[O-])c1. The van der Waals surface area contributed by atoms with Crippen molar-refractivity contribution in [3.8, 4) is 0 Å². The molecule has 0 spiro atoms. The van der Waals surface area contributed by atoms with Gasteiger partial charge in [-0.2, -0.15) is 0 Å². The van der Waals surface area contributed by atoms with Gasteiger partial charge < -0.3 is 19.9 Å². The number of amides is 2. The standard InChI is InChI=1S/C20H22N4O5/c1-22(20(26)15-3-2-4-18(13-15)24(27)28)14-19(25)21-16-5-7-17(8-6-16)23-9-11-29-12-10-23/h2-8,13H,9-12,14H2,1H3,(H,21,25). The van der Waals surface area contributed by atoms with Crippen LogP contribution in [0.15, 0.2) is 48.5 Å². The van der Waals surface area contributed by atoms with E-state index in [-0.39, 0.29) is 23.7 Å². The molecule has 3 rings (SSSR count). The Hall–Kier alpha value is -3.46. The number of ether oxygens (including phenoxy) is 1. The Bertz CT molecular complexity index is 894. The highest BCUT2D eigenvalue weighted by atomic mass is 16.6. The molecule has 2 amide bonds. The summed E-state index contributed by atoms with van der Waals surface area (Å²) in [6, 6.07) is 12.9. The van der Waals surface area contributed by atoms with Gasteiger partial charge in [0.2, 0.25) is 5.91 Å². The third-order valence-electron chi connectivity index (χ3n) is 4.56. The molecular formula is C20H22N4O5. The molecule has 1 aliphatic rings. The van der Waals surface area contributed by atoms with Crippen molar-refractivity contribution < 1.29 is 19.2 Å². The largest absolute Gasteiger partial charge is 0.378 e. The van der Waals surface area contributed by atoms with Crippen molar-refractivity contribution in [1.82, 2.24) is 4.90 Å². The quantitative estimate of drug-likeness (QED) is 0.590. The second kappa shape index (κ2) is 9.16. The van der Waals surface area contributed by atoms with Crippen LogP contribution >= 0.6 is 0 Å². The van der Waals surface area contributed by atoms with Crippen LogP contribution in [0.5, 0.6) is 0 Å². The molecule has 152 valence electrons. The summed E-state index contributed by atoms with van der Waals surface area (Å²) in [5, 5.41) is 13.6. The molecule has 0 radical (unpaired) electrons. The van der Waals surface area contributed by atoms with Crippen LogP contribution in [0.1, 0.15) is 10.4 Å². The molecule has 1 N–H and O–H groups in total. The smallest absolute Gasteiger partial charge is 0.270 e. The summed E-state index contributed by atoms with van der Waals surface area (Å²) in [4.78, 5) is 38.4. The Morgan fingerprint density at radius 1 is 1.17 bits per heavy atom. The van der Waals surface area contributed by atoms with Crippen LogP contribution in [0.3, 0.4) is 0 Å². The van der Waals surface area contributed by atoms with Gasteiger partial charge >= 0.3 is 0 Å². The van der Waals surface area contributed by atoms with Crippen molar-refractivity contribution in [3.63, 3.8) is 0 Å². The van der Waals surface area contributed by atoms with Crippen LogP contribution < -0.4 is 10.2 Å². The summed E-state index contributed by atoms with van der Waals surface area (Å²) in [5.74, 6) is -0.822. The fourth-order valence-corrected chi connectivity index (χ4v) is 3.04. The van der Waals surface area contributed by atoms with E-state index >= 15 is 0 Å². The van der Waals surface area contributed by atoms with Crippen LogP contribution in [-0.2, 0) is 9.53 Å². The molecule has 29 heavy (non-hydrogen) atoms. The number of carbonyl (C=O) groups is 2. The van der Waals surface area contributed by atoms with Gasteiger partial charge in [-0.15, -0.1) is 0 Å². The van der Waals surface area contributed by atoms with Crippen molar-refractivity contribution in [2.45, 2.75) is 0 Å². The summed E-state index contributed by atoms with van der Waals surface area (Å²) in [5.41, 5.74) is 1.67. The lowest BCUT2D eigenvalue weighted by Gasteiger charge is -2.28. The van der Waals surface area contributed by atoms with Crippen LogP contribution in [-0.4, -0.2) is 61.5 Å². The summed E-state index contributed by atoms with van der Waals surface area (Å²) in [7, 11) is 1.47. The molecule has 2 aromatic rings. The monoisotopic (exact) mass is 398 g/mol. The van der Waals surface area contributed by atoms with Gasteiger partial charge in [0, 0.05) is 49.2 Å². The molecule has 0 aliphatic carbocycles. The molecule has 0 unspecified atom stereocenters. The molecule has 1 fully saturated rings.